The number of hydrogen-bond donors (Lipinski definition) is 1. The van der Waals surface area contributed by atoms with Crippen molar-refractivity contribution in [3.8, 4) is 6.07 Å². The van der Waals surface area contributed by atoms with Crippen molar-refractivity contribution in [2.75, 3.05) is 17.2 Å². The summed E-state index contributed by atoms with van der Waals surface area (Å²) in [6.07, 6.45) is 4.68. The molecule has 1 saturated carbocycles. The van der Waals surface area contributed by atoms with Crippen molar-refractivity contribution < 1.29 is 0 Å². The molecule has 2 N–H and O–H groups in total. The molecule has 1 aromatic carbocycles. The zero-order valence-corrected chi connectivity index (χ0v) is 10.7. The Balaban J connectivity index is 2.03. The molecule has 0 amide bonds. The lowest BCUT2D eigenvalue weighted by molar-refractivity contribution is 0.795. The molecule has 1 aliphatic rings. The van der Waals surface area contributed by atoms with Gasteiger partial charge in [-0.05, 0) is 37.1 Å². The monoisotopic (exact) mass is 252 g/mol. The van der Waals surface area contributed by atoms with E-state index in [0.717, 1.165) is 28.8 Å². The summed E-state index contributed by atoms with van der Waals surface area (Å²) in [7, 11) is 0. The maximum atomic E-state index is 8.79. The minimum absolute atomic E-state index is 0.529. The van der Waals surface area contributed by atoms with E-state index < -0.39 is 0 Å². The Labute approximate surface area is 112 Å². The Morgan fingerprint density at radius 1 is 1.37 bits per heavy atom. The van der Waals surface area contributed by atoms with Gasteiger partial charge in [-0.2, -0.15) is 5.26 Å². The normalized spacial score (nSPS) is 14.3. The molecule has 96 valence electrons. The fourth-order valence-electron chi connectivity index (χ4n) is 2.47. The molecule has 3 rings (SSSR count). The van der Waals surface area contributed by atoms with Crippen LogP contribution in [0.3, 0.4) is 0 Å². The summed E-state index contributed by atoms with van der Waals surface area (Å²) in [6.45, 7) is 0.747. The third-order valence-corrected chi connectivity index (χ3v) is 3.57. The average Bonchev–Trinajstić information content (AvgIpc) is 3.26. The molecular formula is C15H16N4. The maximum absolute atomic E-state index is 8.79. The van der Waals surface area contributed by atoms with Crippen molar-refractivity contribution in [3.05, 3.63) is 30.5 Å². The second kappa shape index (κ2) is 4.77. The number of rotatable bonds is 4. The number of aromatic nitrogens is 1. The van der Waals surface area contributed by atoms with E-state index in [2.05, 4.69) is 16.0 Å². The SMILES string of the molecule is N#CCCN(c1ccc2ncccc2c1N)C1CC1. The van der Waals surface area contributed by atoms with Gasteiger partial charge in [0.25, 0.3) is 0 Å². The lowest BCUT2D eigenvalue weighted by atomic mass is 10.1. The minimum atomic E-state index is 0.529. The van der Waals surface area contributed by atoms with Crippen LogP contribution in [0.4, 0.5) is 11.4 Å². The summed E-state index contributed by atoms with van der Waals surface area (Å²) >= 11 is 0. The summed E-state index contributed by atoms with van der Waals surface area (Å²) in [5.74, 6) is 0. The van der Waals surface area contributed by atoms with Crippen molar-refractivity contribution in [3.63, 3.8) is 0 Å². The Morgan fingerprint density at radius 2 is 2.21 bits per heavy atom. The Bertz CT molecular complexity index is 640. The third kappa shape index (κ3) is 2.19. The highest BCUT2D eigenvalue weighted by molar-refractivity contribution is 5.97. The zero-order valence-electron chi connectivity index (χ0n) is 10.7. The van der Waals surface area contributed by atoms with E-state index in [1.807, 2.05) is 24.3 Å². The first-order valence-corrected chi connectivity index (χ1v) is 6.58. The van der Waals surface area contributed by atoms with E-state index >= 15 is 0 Å². The standard InChI is InChI=1S/C15H16N4/c16-8-2-10-19(11-4-5-11)14-7-6-13-12(15(14)17)3-1-9-18-13/h1,3,6-7,9,11H,2,4-5,10,17H2. The molecule has 1 aromatic heterocycles. The Hall–Kier alpha value is -2.28. The Morgan fingerprint density at radius 3 is 2.95 bits per heavy atom. The fraction of sp³-hybridized carbons (Fsp3) is 0.333. The molecule has 0 radical (unpaired) electrons. The number of nitriles is 1. The van der Waals surface area contributed by atoms with Gasteiger partial charge in [0.1, 0.15) is 0 Å². The molecule has 0 atom stereocenters. The first kappa shape index (κ1) is 11.8. The van der Waals surface area contributed by atoms with Crippen LogP contribution in [-0.4, -0.2) is 17.6 Å². The fourth-order valence-corrected chi connectivity index (χ4v) is 2.47. The lowest BCUT2D eigenvalue weighted by Gasteiger charge is -2.25. The zero-order chi connectivity index (χ0) is 13.2. The lowest BCUT2D eigenvalue weighted by Crippen LogP contribution is -2.27. The highest BCUT2D eigenvalue weighted by Crippen LogP contribution is 2.37. The van der Waals surface area contributed by atoms with Crippen molar-refractivity contribution >= 4 is 22.3 Å². The summed E-state index contributed by atoms with van der Waals surface area (Å²) < 4.78 is 0. The molecule has 1 fully saturated rings. The van der Waals surface area contributed by atoms with Gasteiger partial charge in [-0.15, -0.1) is 0 Å². The average molecular weight is 252 g/mol. The smallest absolute Gasteiger partial charge is 0.0724 e. The number of nitrogens with two attached hydrogens (primary N) is 1. The van der Waals surface area contributed by atoms with Gasteiger partial charge < -0.3 is 10.6 Å². The number of pyridine rings is 1. The molecule has 0 bridgehead atoms. The van der Waals surface area contributed by atoms with Crippen molar-refractivity contribution in [2.24, 2.45) is 0 Å². The van der Waals surface area contributed by atoms with Crippen molar-refractivity contribution in [1.29, 1.82) is 5.26 Å². The van der Waals surface area contributed by atoms with Crippen molar-refractivity contribution in [1.82, 2.24) is 4.98 Å². The van der Waals surface area contributed by atoms with Crippen LogP contribution in [0.15, 0.2) is 30.5 Å². The van der Waals surface area contributed by atoms with E-state index in [0.29, 0.717) is 12.5 Å². The number of benzene rings is 1. The highest BCUT2D eigenvalue weighted by atomic mass is 15.2. The van der Waals surface area contributed by atoms with E-state index in [1.165, 1.54) is 12.8 Å². The molecule has 4 nitrogen and oxygen atoms in total. The van der Waals surface area contributed by atoms with Gasteiger partial charge in [-0.1, -0.05) is 0 Å². The summed E-state index contributed by atoms with van der Waals surface area (Å²) in [5, 5.41) is 9.78. The van der Waals surface area contributed by atoms with E-state index in [4.69, 9.17) is 11.0 Å². The predicted molar refractivity (Wildman–Crippen MR) is 76.8 cm³/mol. The first-order valence-electron chi connectivity index (χ1n) is 6.58. The van der Waals surface area contributed by atoms with E-state index in [-0.39, 0.29) is 0 Å². The molecule has 0 saturated heterocycles. The van der Waals surface area contributed by atoms with E-state index in [9.17, 15) is 0 Å². The molecule has 0 spiro atoms. The molecular weight excluding hydrogens is 236 g/mol. The van der Waals surface area contributed by atoms with Gasteiger partial charge in [-0.3, -0.25) is 4.98 Å². The van der Waals surface area contributed by atoms with Crippen LogP contribution >= 0.6 is 0 Å². The molecule has 1 heterocycles. The molecule has 0 unspecified atom stereocenters. The summed E-state index contributed by atoms with van der Waals surface area (Å²) in [5.41, 5.74) is 9.02. The van der Waals surface area contributed by atoms with Crippen LogP contribution in [0.25, 0.3) is 10.9 Å². The van der Waals surface area contributed by atoms with Crippen LogP contribution in [0.5, 0.6) is 0 Å². The second-order valence-corrected chi connectivity index (χ2v) is 4.90. The largest absolute Gasteiger partial charge is 0.396 e. The quantitative estimate of drug-likeness (QED) is 0.850. The highest BCUT2D eigenvalue weighted by Gasteiger charge is 2.30. The van der Waals surface area contributed by atoms with Gasteiger partial charge >= 0.3 is 0 Å². The van der Waals surface area contributed by atoms with Crippen LogP contribution in [0, 0.1) is 11.3 Å². The second-order valence-electron chi connectivity index (χ2n) is 4.90. The third-order valence-electron chi connectivity index (χ3n) is 3.57. The van der Waals surface area contributed by atoms with E-state index in [1.54, 1.807) is 6.20 Å². The van der Waals surface area contributed by atoms with Crippen LogP contribution in [0.1, 0.15) is 19.3 Å². The van der Waals surface area contributed by atoms with Crippen LogP contribution in [-0.2, 0) is 0 Å². The molecule has 2 aromatic rings. The molecule has 19 heavy (non-hydrogen) atoms. The van der Waals surface area contributed by atoms with Crippen LogP contribution in [0.2, 0.25) is 0 Å². The van der Waals surface area contributed by atoms with Gasteiger partial charge in [0.15, 0.2) is 0 Å². The van der Waals surface area contributed by atoms with Crippen molar-refractivity contribution in [2.45, 2.75) is 25.3 Å². The van der Waals surface area contributed by atoms with Gasteiger partial charge in [-0.25, -0.2) is 0 Å². The number of fused-ring (bicyclic) bond motifs is 1. The number of anilines is 2. The molecule has 1 aliphatic carbocycles. The topological polar surface area (TPSA) is 65.9 Å². The van der Waals surface area contributed by atoms with Crippen LogP contribution < -0.4 is 10.6 Å². The Kier molecular flexibility index (Phi) is 2.96. The molecule has 0 aliphatic heterocycles. The number of hydrogen-bond acceptors (Lipinski definition) is 4. The summed E-state index contributed by atoms with van der Waals surface area (Å²) in [4.78, 5) is 6.58. The predicted octanol–water partition coefficient (Wildman–Crippen LogP) is 2.70. The number of nitrogens with zero attached hydrogens (tertiary/aromatic N) is 3. The molecule has 4 heteroatoms. The van der Waals surface area contributed by atoms with Gasteiger partial charge in [0.05, 0.1) is 29.4 Å². The van der Waals surface area contributed by atoms with Gasteiger partial charge in [0.2, 0.25) is 0 Å². The van der Waals surface area contributed by atoms with Gasteiger partial charge in [0, 0.05) is 24.2 Å². The minimum Gasteiger partial charge on any atom is -0.396 e. The number of nitrogen functional groups attached to an aromatic ring is 1. The summed E-state index contributed by atoms with van der Waals surface area (Å²) in [6, 6.07) is 10.7. The first-order chi connectivity index (χ1) is 9.31. The maximum Gasteiger partial charge on any atom is 0.0724 e.